The Morgan fingerprint density at radius 2 is 2.33 bits per heavy atom. The molecule has 1 aromatic carbocycles. The summed E-state index contributed by atoms with van der Waals surface area (Å²) in [5, 5.41) is 16.4. The lowest BCUT2D eigenvalue weighted by Gasteiger charge is -2.15. The van der Waals surface area contributed by atoms with Gasteiger partial charge in [0, 0.05) is 36.7 Å². The number of hydrogen-bond donors (Lipinski definition) is 1. The zero-order valence-electron chi connectivity index (χ0n) is 12.2. The summed E-state index contributed by atoms with van der Waals surface area (Å²) in [7, 11) is 0. The number of carbonyl (C=O) groups is 1. The first kappa shape index (κ1) is 14.8. The quantitative estimate of drug-likeness (QED) is 0.827. The molecule has 1 N–H and O–H groups in total. The average Bonchev–Trinajstić information content (AvgIpc) is 2.97. The first-order valence-corrected chi connectivity index (χ1v) is 6.86. The van der Waals surface area contributed by atoms with Gasteiger partial charge in [-0.2, -0.15) is 10.4 Å². The van der Waals surface area contributed by atoms with Crippen molar-refractivity contribution in [1.82, 2.24) is 9.78 Å². The van der Waals surface area contributed by atoms with Crippen LogP contribution in [0.3, 0.4) is 0 Å². The lowest BCUT2D eigenvalue weighted by atomic mass is 10.1. The van der Waals surface area contributed by atoms with Crippen LogP contribution in [0.1, 0.15) is 29.8 Å². The summed E-state index contributed by atoms with van der Waals surface area (Å²) in [6.45, 7) is 5.14. The van der Waals surface area contributed by atoms with Crippen molar-refractivity contribution in [2.75, 3.05) is 11.9 Å². The molecule has 5 heteroatoms. The second-order valence-corrected chi connectivity index (χ2v) is 5.14. The zero-order chi connectivity index (χ0) is 15.2. The van der Waals surface area contributed by atoms with Crippen molar-refractivity contribution in [3.8, 4) is 6.07 Å². The Labute approximate surface area is 124 Å². The van der Waals surface area contributed by atoms with Crippen molar-refractivity contribution < 1.29 is 4.79 Å². The van der Waals surface area contributed by atoms with E-state index in [1.807, 2.05) is 16.9 Å². The molecule has 0 saturated carbocycles. The molecule has 0 bridgehead atoms. The molecule has 0 saturated heterocycles. The van der Waals surface area contributed by atoms with Gasteiger partial charge in [0.1, 0.15) is 0 Å². The van der Waals surface area contributed by atoms with E-state index in [0.29, 0.717) is 29.3 Å². The van der Waals surface area contributed by atoms with E-state index in [2.05, 4.69) is 23.4 Å². The van der Waals surface area contributed by atoms with Crippen molar-refractivity contribution in [1.29, 1.82) is 5.26 Å². The van der Waals surface area contributed by atoms with E-state index >= 15 is 0 Å². The van der Waals surface area contributed by atoms with Crippen LogP contribution in [0.2, 0.25) is 0 Å². The molecule has 1 heterocycles. The summed E-state index contributed by atoms with van der Waals surface area (Å²) in [6, 6.07) is 9.06. The molecule has 1 atom stereocenters. The van der Waals surface area contributed by atoms with Crippen LogP contribution in [0.5, 0.6) is 0 Å². The number of benzene rings is 1. The van der Waals surface area contributed by atoms with Crippen LogP contribution in [0.25, 0.3) is 0 Å². The lowest BCUT2D eigenvalue weighted by molar-refractivity contribution is 0.101. The maximum Gasteiger partial charge on any atom is 0.161 e. The third-order valence-corrected chi connectivity index (χ3v) is 3.23. The number of nitrogens with one attached hydrogen (secondary N) is 1. The number of aromatic nitrogens is 2. The summed E-state index contributed by atoms with van der Waals surface area (Å²) in [6.07, 6.45) is 3.68. The van der Waals surface area contributed by atoms with Gasteiger partial charge in [0.2, 0.25) is 0 Å². The normalized spacial score (nSPS) is 11.7. The molecular weight excluding hydrogens is 264 g/mol. The van der Waals surface area contributed by atoms with Crippen LogP contribution in [0, 0.1) is 17.2 Å². The highest BCUT2D eigenvalue weighted by Crippen LogP contribution is 2.19. The minimum Gasteiger partial charge on any atom is -0.384 e. The molecule has 1 unspecified atom stereocenters. The van der Waals surface area contributed by atoms with Crippen LogP contribution in [-0.4, -0.2) is 22.1 Å². The Morgan fingerprint density at radius 3 is 2.95 bits per heavy atom. The molecule has 1 aromatic heterocycles. The highest BCUT2D eigenvalue weighted by Gasteiger charge is 2.10. The number of Topliss-reactive ketones (excluding diaryl/α,β-unsaturated/α-hetero) is 1. The van der Waals surface area contributed by atoms with Crippen LogP contribution in [0.15, 0.2) is 36.7 Å². The molecule has 0 aliphatic heterocycles. The molecule has 5 nitrogen and oxygen atoms in total. The van der Waals surface area contributed by atoms with Crippen molar-refractivity contribution in [3.63, 3.8) is 0 Å². The van der Waals surface area contributed by atoms with E-state index in [0.717, 1.165) is 6.54 Å². The van der Waals surface area contributed by atoms with Gasteiger partial charge in [-0.1, -0.05) is 6.92 Å². The van der Waals surface area contributed by atoms with Gasteiger partial charge in [0.15, 0.2) is 5.78 Å². The Morgan fingerprint density at radius 1 is 1.52 bits per heavy atom. The monoisotopic (exact) mass is 282 g/mol. The van der Waals surface area contributed by atoms with Crippen molar-refractivity contribution in [2.45, 2.75) is 20.4 Å². The predicted octanol–water partition coefficient (Wildman–Crippen LogP) is 2.71. The first-order valence-electron chi connectivity index (χ1n) is 6.86. The number of nitriles is 1. The van der Waals surface area contributed by atoms with E-state index in [-0.39, 0.29) is 5.78 Å². The van der Waals surface area contributed by atoms with E-state index in [1.165, 1.54) is 6.92 Å². The first-order chi connectivity index (χ1) is 10.1. The number of hydrogen-bond acceptors (Lipinski definition) is 4. The molecule has 2 aromatic rings. The SMILES string of the molecule is CC(=O)c1ccc(C#N)cc1NCC(C)Cn1cccn1. The molecule has 0 spiro atoms. The third-order valence-electron chi connectivity index (χ3n) is 3.23. The fourth-order valence-corrected chi connectivity index (χ4v) is 2.14. The van der Waals surface area contributed by atoms with Gasteiger partial charge in [-0.05, 0) is 37.1 Å². The van der Waals surface area contributed by atoms with Gasteiger partial charge in [-0.15, -0.1) is 0 Å². The van der Waals surface area contributed by atoms with Gasteiger partial charge >= 0.3 is 0 Å². The second-order valence-electron chi connectivity index (χ2n) is 5.14. The maximum absolute atomic E-state index is 11.6. The van der Waals surface area contributed by atoms with E-state index < -0.39 is 0 Å². The minimum atomic E-state index is -0.0123. The predicted molar refractivity (Wildman–Crippen MR) is 81.0 cm³/mol. The molecule has 21 heavy (non-hydrogen) atoms. The Hall–Kier alpha value is -2.61. The van der Waals surface area contributed by atoms with Crippen LogP contribution in [-0.2, 0) is 6.54 Å². The van der Waals surface area contributed by atoms with Gasteiger partial charge in [0.05, 0.1) is 11.6 Å². The smallest absolute Gasteiger partial charge is 0.161 e. The van der Waals surface area contributed by atoms with E-state index in [1.54, 1.807) is 24.4 Å². The molecule has 0 aliphatic rings. The summed E-state index contributed by atoms with van der Waals surface area (Å²) in [5.74, 6) is 0.331. The topological polar surface area (TPSA) is 70.7 Å². The number of anilines is 1. The van der Waals surface area contributed by atoms with Crippen LogP contribution in [0.4, 0.5) is 5.69 Å². The van der Waals surface area contributed by atoms with Crippen LogP contribution < -0.4 is 5.32 Å². The highest BCUT2D eigenvalue weighted by atomic mass is 16.1. The Kier molecular flexibility index (Phi) is 4.72. The van der Waals surface area contributed by atoms with Gasteiger partial charge in [0.25, 0.3) is 0 Å². The van der Waals surface area contributed by atoms with Crippen molar-refractivity contribution in [3.05, 3.63) is 47.8 Å². The molecule has 0 radical (unpaired) electrons. The molecular formula is C16H18N4O. The Bertz CT molecular complexity index is 655. The highest BCUT2D eigenvalue weighted by molar-refractivity contribution is 5.99. The Balaban J connectivity index is 2.04. The number of carbonyl (C=O) groups excluding carboxylic acids is 1. The molecule has 0 amide bonds. The van der Waals surface area contributed by atoms with Gasteiger partial charge in [-0.3, -0.25) is 9.48 Å². The summed E-state index contributed by atoms with van der Waals surface area (Å²) < 4.78 is 1.88. The summed E-state index contributed by atoms with van der Waals surface area (Å²) in [5.41, 5.74) is 1.87. The van der Waals surface area contributed by atoms with Crippen molar-refractivity contribution >= 4 is 11.5 Å². The number of rotatable bonds is 6. The molecule has 108 valence electrons. The minimum absolute atomic E-state index is 0.0123. The molecule has 0 aliphatic carbocycles. The average molecular weight is 282 g/mol. The van der Waals surface area contributed by atoms with Crippen LogP contribution >= 0.6 is 0 Å². The van der Waals surface area contributed by atoms with Crippen molar-refractivity contribution in [2.24, 2.45) is 5.92 Å². The third kappa shape index (κ3) is 3.93. The zero-order valence-corrected chi connectivity index (χ0v) is 12.2. The molecule has 2 rings (SSSR count). The lowest BCUT2D eigenvalue weighted by Crippen LogP contribution is -2.18. The van der Waals surface area contributed by atoms with Gasteiger partial charge < -0.3 is 5.32 Å². The maximum atomic E-state index is 11.6. The van der Waals surface area contributed by atoms with E-state index in [4.69, 9.17) is 5.26 Å². The fourth-order valence-electron chi connectivity index (χ4n) is 2.14. The standard InChI is InChI=1S/C16H18N4O/c1-12(11-20-7-3-6-19-20)10-18-16-8-14(9-17)4-5-15(16)13(2)21/h3-8,12,18H,10-11H2,1-2H3. The van der Waals surface area contributed by atoms with Gasteiger partial charge in [-0.25, -0.2) is 0 Å². The summed E-state index contributed by atoms with van der Waals surface area (Å²) in [4.78, 5) is 11.6. The fraction of sp³-hybridized carbons (Fsp3) is 0.312. The largest absolute Gasteiger partial charge is 0.384 e. The summed E-state index contributed by atoms with van der Waals surface area (Å²) >= 11 is 0. The molecule has 0 fully saturated rings. The van der Waals surface area contributed by atoms with E-state index in [9.17, 15) is 4.79 Å². The number of nitrogens with zero attached hydrogens (tertiary/aromatic N) is 3. The number of ketones is 1. The second kappa shape index (κ2) is 6.71.